The van der Waals surface area contributed by atoms with Crippen molar-refractivity contribution >= 4 is 21.6 Å². The number of rotatable bonds is 5. The van der Waals surface area contributed by atoms with Gasteiger partial charge in [0.05, 0.1) is 11.9 Å². The van der Waals surface area contributed by atoms with Gasteiger partial charge in [0.1, 0.15) is 4.47 Å². The van der Waals surface area contributed by atoms with E-state index in [1.54, 1.807) is 4.68 Å². The van der Waals surface area contributed by atoms with Crippen molar-refractivity contribution in [2.24, 2.45) is 11.7 Å². The Morgan fingerprint density at radius 1 is 1.48 bits per heavy atom. The minimum atomic E-state index is -0.0322. The molecule has 21 heavy (non-hydrogen) atoms. The van der Waals surface area contributed by atoms with Crippen molar-refractivity contribution in [3.05, 3.63) is 21.0 Å². The molecule has 1 aromatic rings. The fourth-order valence-corrected chi connectivity index (χ4v) is 3.37. The first kappa shape index (κ1) is 16.5. The van der Waals surface area contributed by atoms with E-state index < -0.39 is 0 Å². The van der Waals surface area contributed by atoms with Gasteiger partial charge >= 0.3 is 0 Å². The number of aryl methyl sites for hydroxylation is 1. The number of piperidine rings is 1. The van der Waals surface area contributed by atoms with Crippen molar-refractivity contribution in [2.45, 2.75) is 52.1 Å². The molecule has 0 aromatic carbocycles. The Morgan fingerprint density at radius 3 is 2.71 bits per heavy atom. The Kier molecular flexibility index (Phi) is 5.81. The Balaban J connectivity index is 2.11. The summed E-state index contributed by atoms with van der Waals surface area (Å²) in [7, 11) is 0. The van der Waals surface area contributed by atoms with Crippen molar-refractivity contribution in [1.82, 2.24) is 9.78 Å². The summed E-state index contributed by atoms with van der Waals surface area (Å²) < 4.78 is 2.18. The van der Waals surface area contributed by atoms with E-state index >= 15 is 0 Å². The fourth-order valence-electron chi connectivity index (χ4n) is 2.81. The number of unbranched alkanes of at least 4 members (excludes halogenated alkanes) is 1. The monoisotopic (exact) mass is 356 g/mol. The molecule has 0 radical (unpaired) electrons. The molecule has 2 heterocycles. The number of aromatic nitrogens is 2. The third-order valence-electron chi connectivity index (χ3n) is 4.31. The fraction of sp³-hybridized carbons (Fsp3) is 0.733. The smallest absolute Gasteiger partial charge is 0.283 e. The molecule has 6 heteroatoms. The molecule has 1 saturated heterocycles. The van der Waals surface area contributed by atoms with E-state index in [1.807, 2.05) is 6.20 Å². The van der Waals surface area contributed by atoms with Crippen molar-refractivity contribution in [3.8, 4) is 0 Å². The highest BCUT2D eigenvalue weighted by molar-refractivity contribution is 9.10. The standard InChI is InChI=1S/C15H25BrN4O/c1-3-4-7-20-15(21)14(16)13(10-18-20)19-8-5-12(6-9-19)11(2)17/h10-12H,3-9,17H2,1-2H3. The molecule has 1 aliphatic heterocycles. The zero-order chi connectivity index (χ0) is 15.4. The van der Waals surface area contributed by atoms with Gasteiger partial charge in [0, 0.05) is 25.7 Å². The first-order chi connectivity index (χ1) is 10.0. The summed E-state index contributed by atoms with van der Waals surface area (Å²) in [5.74, 6) is 0.581. The second-order valence-corrected chi connectivity index (χ2v) is 6.70. The van der Waals surface area contributed by atoms with Gasteiger partial charge < -0.3 is 10.6 Å². The summed E-state index contributed by atoms with van der Waals surface area (Å²) in [6, 6.07) is 0.246. The predicted molar refractivity (Wildman–Crippen MR) is 89.7 cm³/mol. The molecule has 0 amide bonds. The summed E-state index contributed by atoms with van der Waals surface area (Å²) in [6.45, 7) is 6.74. The van der Waals surface area contributed by atoms with Crippen LogP contribution >= 0.6 is 15.9 Å². The van der Waals surface area contributed by atoms with E-state index in [2.05, 4.69) is 39.8 Å². The number of nitrogens with two attached hydrogens (primary N) is 1. The lowest BCUT2D eigenvalue weighted by atomic mass is 9.91. The Labute approximate surface area is 134 Å². The normalized spacial score (nSPS) is 18.0. The SMILES string of the molecule is CCCCn1ncc(N2CCC(C(C)N)CC2)c(Br)c1=O. The van der Waals surface area contributed by atoms with Crippen molar-refractivity contribution in [2.75, 3.05) is 18.0 Å². The molecule has 0 bridgehead atoms. The van der Waals surface area contributed by atoms with Gasteiger partial charge in [-0.25, -0.2) is 4.68 Å². The Bertz CT molecular complexity index is 521. The van der Waals surface area contributed by atoms with E-state index in [1.165, 1.54) is 0 Å². The molecule has 118 valence electrons. The Hall–Kier alpha value is -0.880. The van der Waals surface area contributed by atoms with Gasteiger partial charge in [0.25, 0.3) is 5.56 Å². The third kappa shape index (κ3) is 3.86. The van der Waals surface area contributed by atoms with Gasteiger partial charge in [-0.05, 0) is 48.0 Å². The van der Waals surface area contributed by atoms with Crippen LogP contribution in [0.2, 0.25) is 0 Å². The lowest BCUT2D eigenvalue weighted by Crippen LogP contribution is -2.40. The lowest BCUT2D eigenvalue weighted by molar-refractivity contribution is 0.354. The zero-order valence-electron chi connectivity index (χ0n) is 12.9. The van der Waals surface area contributed by atoms with Gasteiger partial charge in [-0.3, -0.25) is 4.79 Å². The number of halogens is 1. The minimum absolute atomic E-state index is 0.0322. The van der Waals surface area contributed by atoms with E-state index in [-0.39, 0.29) is 11.6 Å². The van der Waals surface area contributed by atoms with Crippen LogP contribution in [-0.4, -0.2) is 28.9 Å². The second-order valence-electron chi connectivity index (χ2n) is 5.91. The summed E-state index contributed by atoms with van der Waals surface area (Å²) in [5, 5.41) is 4.31. The summed E-state index contributed by atoms with van der Waals surface area (Å²) in [6.07, 6.45) is 5.98. The quantitative estimate of drug-likeness (QED) is 0.879. The largest absolute Gasteiger partial charge is 0.369 e. The highest BCUT2D eigenvalue weighted by Gasteiger charge is 2.24. The maximum atomic E-state index is 12.3. The molecule has 0 saturated carbocycles. The van der Waals surface area contributed by atoms with Crippen LogP contribution in [0.1, 0.15) is 39.5 Å². The van der Waals surface area contributed by atoms with Crippen LogP contribution < -0.4 is 16.2 Å². The number of nitrogens with zero attached hydrogens (tertiary/aromatic N) is 3. The van der Waals surface area contributed by atoms with Gasteiger partial charge in [-0.1, -0.05) is 13.3 Å². The van der Waals surface area contributed by atoms with E-state index in [0.29, 0.717) is 16.9 Å². The highest BCUT2D eigenvalue weighted by Crippen LogP contribution is 2.27. The van der Waals surface area contributed by atoms with Crippen molar-refractivity contribution in [1.29, 1.82) is 0 Å². The maximum Gasteiger partial charge on any atom is 0.283 e. The maximum absolute atomic E-state index is 12.3. The van der Waals surface area contributed by atoms with E-state index in [9.17, 15) is 4.79 Å². The Morgan fingerprint density at radius 2 is 2.14 bits per heavy atom. The van der Waals surface area contributed by atoms with Crippen LogP contribution in [0.4, 0.5) is 5.69 Å². The van der Waals surface area contributed by atoms with E-state index in [4.69, 9.17) is 5.73 Å². The zero-order valence-corrected chi connectivity index (χ0v) is 14.5. The molecule has 0 spiro atoms. The van der Waals surface area contributed by atoms with Crippen LogP contribution in [0, 0.1) is 5.92 Å². The summed E-state index contributed by atoms with van der Waals surface area (Å²) in [4.78, 5) is 14.6. The average Bonchev–Trinajstić information content (AvgIpc) is 2.49. The lowest BCUT2D eigenvalue weighted by Gasteiger charge is -2.35. The molecule has 1 fully saturated rings. The second kappa shape index (κ2) is 7.40. The first-order valence-electron chi connectivity index (χ1n) is 7.80. The van der Waals surface area contributed by atoms with Crippen molar-refractivity contribution in [3.63, 3.8) is 0 Å². The van der Waals surface area contributed by atoms with Gasteiger partial charge in [-0.15, -0.1) is 0 Å². The predicted octanol–water partition coefficient (Wildman–Crippen LogP) is 2.37. The minimum Gasteiger partial charge on any atom is -0.369 e. The average molecular weight is 357 g/mol. The van der Waals surface area contributed by atoms with Crippen LogP contribution in [0.5, 0.6) is 0 Å². The molecule has 5 nitrogen and oxygen atoms in total. The van der Waals surface area contributed by atoms with Crippen LogP contribution in [-0.2, 0) is 6.54 Å². The van der Waals surface area contributed by atoms with Crippen LogP contribution in [0.15, 0.2) is 15.5 Å². The molecule has 2 N–H and O–H groups in total. The molecule has 0 aliphatic carbocycles. The first-order valence-corrected chi connectivity index (χ1v) is 8.60. The highest BCUT2D eigenvalue weighted by atomic mass is 79.9. The number of hydrogen-bond acceptors (Lipinski definition) is 4. The third-order valence-corrected chi connectivity index (χ3v) is 5.06. The molecular weight excluding hydrogens is 332 g/mol. The van der Waals surface area contributed by atoms with Crippen LogP contribution in [0.3, 0.4) is 0 Å². The van der Waals surface area contributed by atoms with E-state index in [0.717, 1.165) is 44.5 Å². The van der Waals surface area contributed by atoms with Gasteiger partial charge in [0.15, 0.2) is 0 Å². The summed E-state index contributed by atoms with van der Waals surface area (Å²) >= 11 is 3.46. The van der Waals surface area contributed by atoms with Crippen molar-refractivity contribution < 1.29 is 0 Å². The topological polar surface area (TPSA) is 64.2 Å². The molecule has 1 atom stereocenters. The summed E-state index contributed by atoms with van der Waals surface area (Å²) in [5.41, 5.74) is 6.86. The molecule has 1 aromatic heterocycles. The number of anilines is 1. The van der Waals surface area contributed by atoms with Gasteiger partial charge in [-0.2, -0.15) is 5.10 Å². The van der Waals surface area contributed by atoms with Gasteiger partial charge in [0.2, 0.25) is 0 Å². The molecular formula is C15H25BrN4O. The molecule has 1 unspecified atom stereocenters. The molecule has 2 rings (SSSR count). The van der Waals surface area contributed by atoms with Crippen LogP contribution in [0.25, 0.3) is 0 Å². The molecule has 1 aliphatic rings. The number of hydrogen-bond donors (Lipinski definition) is 1.